The van der Waals surface area contributed by atoms with Gasteiger partial charge in [0.15, 0.2) is 0 Å². The van der Waals surface area contributed by atoms with Crippen LogP contribution >= 0.6 is 0 Å². The predicted molar refractivity (Wildman–Crippen MR) is 129 cm³/mol. The Morgan fingerprint density at radius 2 is 1.58 bits per heavy atom. The standard InChI is InChI=1S/C27H31NO5/c1-7-31-22(29)15-14-18-10-8-12-20-23(18)32-24-19(11-9-13-21(24)27(20,5)6)16-17-28-25(30)33-26(2,3)4/h8-17H,7H2,1-6H3,(H,28,30)/b15-14+,17-16+. The molecule has 3 rings (SSSR count). The first kappa shape index (κ1) is 24.1. The van der Waals surface area contributed by atoms with E-state index in [4.69, 9.17) is 14.2 Å². The van der Waals surface area contributed by atoms with Crippen LogP contribution in [0.2, 0.25) is 0 Å². The summed E-state index contributed by atoms with van der Waals surface area (Å²) >= 11 is 0. The lowest BCUT2D eigenvalue weighted by Gasteiger charge is -2.36. The quantitative estimate of drug-likeness (QED) is 0.435. The topological polar surface area (TPSA) is 73.9 Å². The lowest BCUT2D eigenvalue weighted by Crippen LogP contribution is -2.29. The molecule has 0 atom stereocenters. The molecule has 1 aliphatic rings. The maximum atomic E-state index is 12.0. The summed E-state index contributed by atoms with van der Waals surface area (Å²) in [4.78, 5) is 23.8. The number of nitrogens with one attached hydrogen (secondary N) is 1. The zero-order chi connectivity index (χ0) is 24.2. The van der Waals surface area contributed by atoms with Crippen molar-refractivity contribution < 1.29 is 23.8 Å². The molecule has 2 aromatic rings. The van der Waals surface area contributed by atoms with Crippen molar-refractivity contribution in [2.75, 3.05) is 6.61 Å². The molecule has 0 spiro atoms. The van der Waals surface area contributed by atoms with Gasteiger partial charge in [-0.2, -0.15) is 0 Å². The lowest BCUT2D eigenvalue weighted by atomic mass is 9.74. The molecule has 0 aliphatic carbocycles. The number of rotatable bonds is 5. The first-order valence-electron chi connectivity index (χ1n) is 11.0. The summed E-state index contributed by atoms with van der Waals surface area (Å²) in [5, 5.41) is 2.63. The number of fused-ring (bicyclic) bond motifs is 2. The molecule has 6 heteroatoms. The fourth-order valence-corrected chi connectivity index (χ4v) is 3.69. The van der Waals surface area contributed by atoms with Crippen molar-refractivity contribution >= 4 is 24.2 Å². The number of benzene rings is 2. The third-order valence-corrected chi connectivity index (χ3v) is 5.19. The molecular weight excluding hydrogens is 418 g/mol. The Hall–Kier alpha value is -3.54. The summed E-state index contributed by atoms with van der Waals surface area (Å²) in [6, 6.07) is 11.8. The van der Waals surface area contributed by atoms with Crippen molar-refractivity contribution in [1.82, 2.24) is 5.32 Å². The van der Waals surface area contributed by atoms with Gasteiger partial charge in [-0.3, -0.25) is 5.32 Å². The van der Waals surface area contributed by atoms with Gasteiger partial charge in [-0.05, 0) is 39.8 Å². The highest BCUT2D eigenvalue weighted by Crippen LogP contribution is 2.50. The first-order valence-corrected chi connectivity index (χ1v) is 11.0. The van der Waals surface area contributed by atoms with Crippen molar-refractivity contribution in [3.8, 4) is 11.5 Å². The van der Waals surface area contributed by atoms with E-state index in [1.165, 1.54) is 6.08 Å². The second-order valence-corrected chi connectivity index (χ2v) is 9.24. The number of amides is 1. The van der Waals surface area contributed by atoms with Gasteiger partial charge in [0.05, 0.1) is 6.61 Å². The van der Waals surface area contributed by atoms with Gasteiger partial charge < -0.3 is 14.2 Å². The molecule has 2 aromatic carbocycles. The van der Waals surface area contributed by atoms with Crippen molar-refractivity contribution in [1.29, 1.82) is 0 Å². The Bertz CT molecular complexity index is 1110. The van der Waals surface area contributed by atoms with Crippen molar-refractivity contribution in [3.05, 3.63) is 70.9 Å². The highest BCUT2D eigenvalue weighted by molar-refractivity contribution is 5.88. The number of hydrogen-bond donors (Lipinski definition) is 1. The van der Waals surface area contributed by atoms with Crippen LogP contribution in [-0.4, -0.2) is 24.3 Å². The fraction of sp³-hybridized carbons (Fsp3) is 0.333. The molecule has 1 amide bonds. The summed E-state index contributed by atoms with van der Waals surface area (Å²) in [5.74, 6) is 0.994. The molecule has 1 heterocycles. The summed E-state index contributed by atoms with van der Waals surface area (Å²) in [7, 11) is 0. The fourth-order valence-electron chi connectivity index (χ4n) is 3.69. The second kappa shape index (κ2) is 9.53. The molecule has 0 saturated heterocycles. The lowest BCUT2D eigenvalue weighted by molar-refractivity contribution is -0.137. The molecule has 0 saturated carbocycles. The molecule has 0 aromatic heterocycles. The minimum absolute atomic E-state index is 0.319. The van der Waals surface area contributed by atoms with Crippen LogP contribution in [0.1, 0.15) is 63.8 Å². The Morgan fingerprint density at radius 3 is 2.12 bits per heavy atom. The van der Waals surface area contributed by atoms with Gasteiger partial charge in [0.1, 0.15) is 17.1 Å². The third-order valence-electron chi connectivity index (χ3n) is 5.19. The van der Waals surface area contributed by atoms with Gasteiger partial charge in [0, 0.05) is 39.9 Å². The van der Waals surface area contributed by atoms with Crippen LogP contribution in [0.4, 0.5) is 4.79 Å². The number of alkyl carbamates (subject to hydrolysis) is 1. The van der Waals surface area contributed by atoms with Gasteiger partial charge in [-0.15, -0.1) is 0 Å². The molecule has 0 fully saturated rings. The number of carbonyl (C=O) groups excluding carboxylic acids is 2. The average molecular weight is 450 g/mol. The summed E-state index contributed by atoms with van der Waals surface area (Å²) in [6.45, 7) is 11.8. The van der Waals surface area contributed by atoms with Crippen LogP contribution in [0.25, 0.3) is 12.2 Å². The van der Waals surface area contributed by atoms with E-state index in [0.717, 1.165) is 22.3 Å². The second-order valence-electron chi connectivity index (χ2n) is 9.24. The maximum absolute atomic E-state index is 12.0. The van der Waals surface area contributed by atoms with Crippen LogP contribution < -0.4 is 10.1 Å². The Labute approximate surface area is 195 Å². The van der Waals surface area contributed by atoms with E-state index >= 15 is 0 Å². The van der Waals surface area contributed by atoms with E-state index in [1.807, 2.05) is 57.2 Å². The van der Waals surface area contributed by atoms with Crippen molar-refractivity contribution in [3.63, 3.8) is 0 Å². The normalized spacial score (nSPS) is 14.4. The zero-order valence-corrected chi connectivity index (χ0v) is 20.0. The molecule has 1 aliphatic heterocycles. The Kier molecular flexibility index (Phi) is 6.96. The van der Waals surface area contributed by atoms with E-state index in [9.17, 15) is 9.59 Å². The maximum Gasteiger partial charge on any atom is 0.411 e. The summed E-state index contributed by atoms with van der Waals surface area (Å²) < 4.78 is 16.7. The van der Waals surface area contributed by atoms with Crippen LogP contribution in [0.3, 0.4) is 0 Å². The highest BCUT2D eigenvalue weighted by atomic mass is 16.6. The Morgan fingerprint density at radius 1 is 1.00 bits per heavy atom. The molecule has 6 nitrogen and oxygen atoms in total. The largest absolute Gasteiger partial charge is 0.463 e. The monoisotopic (exact) mass is 449 g/mol. The summed E-state index contributed by atoms with van der Waals surface area (Å²) in [5.41, 5.74) is 2.74. The minimum atomic E-state index is -0.575. The molecule has 174 valence electrons. The SMILES string of the molecule is CCOC(=O)/C=C/c1cccc2c1Oc1c(/C=C/NC(=O)OC(C)(C)C)cccc1C2(C)C. The first-order chi connectivity index (χ1) is 15.5. The third kappa shape index (κ3) is 5.64. The predicted octanol–water partition coefficient (Wildman–Crippen LogP) is 6.19. The van der Waals surface area contributed by atoms with Gasteiger partial charge in [-0.25, -0.2) is 9.59 Å². The van der Waals surface area contributed by atoms with Crippen molar-refractivity contribution in [2.24, 2.45) is 0 Å². The number of carbonyl (C=O) groups is 2. The van der Waals surface area contributed by atoms with Crippen LogP contribution in [0.5, 0.6) is 11.5 Å². The zero-order valence-electron chi connectivity index (χ0n) is 20.0. The molecule has 33 heavy (non-hydrogen) atoms. The van der Waals surface area contributed by atoms with Gasteiger partial charge in [0.25, 0.3) is 0 Å². The molecule has 0 bridgehead atoms. The molecule has 0 radical (unpaired) electrons. The average Bonchev–Trinajstić information content (AvgIpc) is 2.72. The molecule has 1 N–H and O–H groups in total. The van der Waals surface area contributed by atoms with E-state index in [-0.39, 0.29) is 5.41 Å². The van der Waals surface area contributed by atoms with Gasteiger partial charge >= 0.3 is 12.1 Å². The number of esters is 1. The van der Waals surface area contributed by atoms with E-state index < -0.39 is 17.7 Å². The van der Waals surface area contributed by atoms with Gasteiger partial charge in [0.2, 0.25) is 0 Å². The van der Waals surface area contributed by atoms with Crippen LogP contribution in [-0.2, 0) is 19.7 Å². The van der Waals surface area contributed by atoms with Crippen LogP contribution in [0, 0.1) is 0 Å². The number of hydrogen-bond acceptors (Lipinski definition) is 5. The smallest absolute Gasteiger partial charge is 0.411 e. The Balaban J connectivity index is 1.94. The highest BCUT2D eigenvalue weighted by Gasteiger charge is 2.35. The van der Waals surface area contributed by atoms with Crippen molar-refractivity contribution in [2.45, 2.75) is 52.6 Å². The molecule has 0 unspecified atom stereocenters. The van der Waals surface area contributed by atoms with E-state index in [2.05, 4.69) is 19.2 Å². The van der Waals surface area contributed by atoms with E-state index in [0.29, 0.717) is 18.1 Å². The minimum Gasteiger partial charge on any atom is -0.463 e. The summed E-state index contributed by atoms with van der Waals surface area (Å²) in [6.07, 6.45) is 5.91. The van der Waals surface area contributed by atoms with Gasteiger partial charge in [-0.1, -0.05) is 50.2 Å². The molecular formula is C27H31NO5. The van der Waals surface area contributed by atoms with Crippen LogP contribution in [0.15, 0.2) is 48.7 Å². The number of para-hydroxylation sites is 2. The number of ether oxygens (including phenoxy) is 3. The van der Waals surface area contributed by atoms with E-state index in [1.54, 1.807) is 25.3 Å².